The summed E-state index contributed by atoms with van der Waals surface area (Å²) in [5.74, 6) is 0.246. The van der Waals surface area contributed by atoms with E-state index < -0.39 is 5.91 Å². The molecule has 0 bridgehead atoms. The highest BCUT2D eigenvalue weighted by molar-refractivity contribution is 5.98. The minimum absolute atomic E-state index is 0.392. The summed E-state index contributed by atoms with van der Waals surface area (Å²) in [6.45, 7) is 1.81. The summed E-state index contributed by atoms with van der Waals surface area (Å²) in [4.78, 5) is 11.0. The zero-order chi connectivity index (χ0) is 9.42. The van der Waals surface area contributed by atoms with Crippen molar-refractivity contribution in [2.24, 2.45) is 5.73 Å². The summed E-state index contributed by atoms with van der Waals surface area (Å²) in [6, 6.07) is 3.37. The number of carbonyl (C=O) groups is 1. The Kier molecular flexibility index (Phi) is 1.51. The third-order valence-corrected chi connectivity index (χ3v) is 1.87. The highest BCUT2D eigenvalue weighted by Crippen LogP contribution is 2.08. The molecule has 0 aromatic carbocycles. The van der Waals surface area contributed by atoms with Gasteiger partial charge in [-0.1, -0.05) is 0 Å². The van der Waals surface area contributed by atoms with E-state index in [1.54, 1.807) is 22.7 Å². The molecule has 13 heavy (non-hydrogen) atoms. The average molecular weight is 176 g/mol. The Bertz CT molecular complexity index is 474. The summed E-state index contributed by atoms with van der Waals surface area (Å²) in [5.41, 5.74) is 6.07. The second-order valence-corrected chi connectivity index (χ2v) is 2.73. The number of aryl methyl sites for hydroxylation is 1. The van der Waals surface area contributed by atoms with Gasteiger partial charge in [-0.3, -0.25) is 9.20 Å². The molecule has 0 atom stereocenters. The fourth-order valence-electron chi connectivity index (χ4n) is 1.22. The number of primary amides is 1. The Morgan fingerprint density at radius 2 is 2.31 bits per heavy atom. The van der Waals surface area contributed by atoms with E-state index in [4.69, 9.17) is 5.73 Å². The van der Waals surface area contributed by atoms with E-state index in [-0.39, 0.29) is 0 Å². The topological polar surface area (TPSA) is 73.3 Å². The maximum absolute atomic E-state index is 11.0. The molecular weight excluding hydrogens is 168 g/mol. The minimum atomic E-state index is -0.488. The summed E-state index contributed by atoms with van der Waals surface area (Å²) < 4.78 is 1.72. The van der Waals surface area contributed by atoms with Crippen molar-refractivity contribution in [2.75, 3.05) is 0 Å². The van der Waals surface area contributed by atoms with E-state index in [1.807, 2.05) is 6.92 Å². The van der Waals surface area contributed by atoms with Crippen molar-refractivity contribution in [3.05, 3.63) is 29.7 Å². The fourth-order valence-corrected chi connectivity index (χ4v) is 1.22. The Morgan fingerprint density at radius 1 is 1.54 bits per heavy atom. The molecule has 0 unspecified atom stereocenters. The van der Waals surface area contributed by atoms with Crippen molar-refractivity contribution >= 4 is 11.6 Å². The van der Waals surface area contributed by atoms with Crippen LogP contribution < -0.4 is 5.73 Å². The molecule has 5 nitrogen and oxygen atoms in total. The van der Waals surface area contributed by atoms with Crippen LogP contribution in [0.3, 0.4) is 0 Å². The van der Waals surface area contributed by atoms with Crippen LogP contribution in [0, 0.1) is 6.92 Å². The van der Waals surface area contributed by atoms with E-state index in [9.17, 15) is 4.79 Å². The number of carbonyl (C=O) groups excluding carboxylic acids is 1. The van der Waals surface area contributed by atoms with E-state index in [0.29, 0.717) is 11.2 Å². The van der Waals surface area contributed by atoms with Gasteiger partial charge in [-0.2, -0.15) is 0 Å². The quantitative estimate of drug-likeness (QED) is 0.671. The van der Waals surface area contributed by atoms with Gasteiger partial charge in [-0.05, 0) is 19.1 Å². The standard InChI is InChI=1S/C8H8N4O/c1-5-10-11-8-6(7(9)13)3-2-4-12(5)8/h2-4H,1H3,(H2,9,13). The molecule has 0 fully saturated rings. The molecule has 0 aliphatic rings. The summed E-state index contributed by atoms with van der Waals surface area (Å²) in [5, 5.41) is 7.70. The molecule has 0 spiro atoms. The number of pyridine rings is 1. The number of fused-ring (bicyclic) bond motifs is 1. The molecule has 0 aliphatic heterocycles. The van der Waals surface area contributed by atoms with Crippen LogP contribution in [0.1, 0.15) is 16.2 Å². The third-order valence-electron chi connectivity index (χ3n) is 1.87. The number of aromatic nitrogens is 3. The van der Waals surface area contributed by atoms with Gasteiger partial charge in [-0.15, -0.1) is 10.2 Å². The van der Waals surface area contributed by atoms with Gasteiger partial charge in [-0.25, -0.2) is 0 Å². The Morgan fingerprint density at radius 3 is 3.00 bits per heavy atom. The predicted molar refractivity (Wildman–Crippen MR) is 46.2 cm³/mol. The van der Waals surface area contributed by atoms with Crippen LogP contribution in [0.5, 0.6) is 0 Å². The van der Waals surface area contributed by atoms with Gasteiger partial charge in [0.2, 0.25) is 0 Å². The molecule has 0 aliphatic carbocycles. The van der Waals surface area contributed by atoms with E-state index >= 15 is 0 Å². The Balaban J connectivity index is 2.84. The van der Waals surface area contributed by atoms with Gasteiger partial charge in [0, 0.05) is 6.20 Å². The molecule has 2 aromatic heterocycles. The van der Waals surface area contributed by atoms with Crippen LogP contribution >= 0.6 is 0 Å². The van der Waals surface area contributed by atoms with Crippen LogP contribution in [0.15, 0.2) is 18.3 Å². The number of amides is 1. The zero-order valence-corrected chi connectivity index (χ0v) is 7.06. The van der Waals surface area contributed by atoms with Crippen LogP contribution in [-0.2, 0) is 0 Å². The normalized spacial score (nSPS) is 10.5. The summed E-state index contributed by atoms with van der Waals surface area (Å²) >= 11 is 0. The van der Waals surface area contributed by atoms with Crippen LogP contribution in [0.25, 0.3) is 5.65 Å². The van der Waals surface area contributed by atoms with Gasteiger partial charge >= 0.3 is 0 Å². The van der Waals surface area contributed by atoms with Gasteiger partial charge in [0.15, 0.2) is 5.65 Å². The van der Waals surface area contributed by atoms with Crippen molar-refractivity contribution in [3.63, 3.8) is 0 Å². The molecule has 66 valence electrons. The molecule has 2 aromatic rings. The number of nitrogens with zero attached hydrogens (tertiary/aromatic N) is 3. The first-order chi connectivity index (χ1) is 6.20. The van der Waals surface area contributed by atoms with E-state index in [0.717, 1.165) is 5.82 Å². The Labute approximate surface area is 74.2 Å². The van der Waals surface area contributed by atoms with Crippen LogP contribution in [0.2, 0.25) is 0 Å². The smallest absolute Gasteiger partial charge is 0.252 e. The van der Waals surface area contributed by atoms with Crippen LogP contribution in [0.4, 0.5) is 0 Å². The molecule has 0 saturated carbocycles. The Hall–Kier alpha value is -1.91. The minimum Gasteiger partial charge on any atom is -0.365 e. The van der Waals surface area contributed by atoms with Crippen molar-refractivity contribution in [1.29, 1.82) is 0 Å². The molecule has 2 N–H and O–H groups in total. The second kappa shape index (κ2) is 2.55. The average Bonchev–Trinajstić information content (AvgIpc) is 2.48. The second-order valence-electron chi connectivity index (χ2n) is 2.73. The van der Waals surface area contributed by atoms with Crippen molar-refractivity contribution < 1.29 is 4.79 Å². The van der Waals surface area contributed by atoms with Gasteiger partial charge < -0.3 is 5.73 Å². The SMILES string of the molecule is Cc1nnc2c(C(N)=O)cccn12. The fraction of sp³-hybridized carbons (Fsp3) is 0.125. The lowest BCUT2D eigenvalue weighted by atomic mass is 10.2. The molecule has 2 rings (SSSR count). The van der Waals surface area contributed by atoms with Crippen molar-refractivity contribution in [3.8, 4) is 0 Å². The zero-order valence-electron chi connectivity index (χ0n) is 7.06. The largest absolute Gasteiger partial charge is 0.365 e. The third kappa shape index (κ3) is 1.05. The highest BCUT2D eigenvalue weighted by Gasteiger charge is 2.09. The molecule has 2 heterocycles. The van der Waals surface area contributed by atoms with E-state index in [1.165, 1.54) is 0 Å². The maximum Gasteiger partial charge on any atom is 0.252 e. The van der Waals surface area contributed by atoms with Gasteiger partial charge in [0.05, 0.1) is 5.56 Å². The van der Waals surface area contributed by atoms with Crippen molar-refractivity contribution in [1.82, 2.24) is 14.6 Å². The molecule has 1 amide bonds. The number of hydrogen-bond acceptors (Lipinski definition) is 3. The highest BCUT2D eigenvalue weighted by atomic mass is 16.1. The monoisotopic (exact) mass is 176 g/mol. The van der Waals surface area contributed by atoms with E-state index in [2.05, 4.69) is 10.2 Å². The predicted octanol–water partition coefficient (Wildman–Crippen LogP) is 0.137. The molecule has 0 saturated heterocycles. The number of hydrogen-bond donors (Lipinski definition) is 1. The maximum atomic E-state index is 11.0. The molecule has 5 heteroatoms. The molecule has 0 radical (unpaired) electrons. The van der Waals surface area contributed by atoms with Crippen molar-refractivity contribution in [2.45, 2.75) is 6.92 Å². The lowest BCUT2D eigenvalue weighted by Crippen LogP contribution is -2.12. The van der Waals surface area contributed by atoms with Crippen LogP contribution in [-0.4, -0.2) is 20.5 Å². The first-order valence-corrected chi connectivity index (χ1v) is 3.80. The lowest BCUT2D eigenvalue weighted by molar-refractivity contribution is 0.100. The first-order valence-electron chi connectivity index (χ1n) is 3.80. The number of rotatable bonds is 1. The van der Waals surface area contributed by atoms with Gasteiger partial charge in [0.1, 0.15) is 5.82 Å². The lowest BCUT2D eigenvalue weighted by Gasteiger charge is -1.97. The summed E-state index contributed by atoms with van der Waals surface area (Å²) in [7, 11) is 0. The first kappa shape index (κ1) is 7.72. The number of nitrogens with two attached hydrogens (primary N) is 1. The van der Waals surface area contributed by atoms with Gasteiger partial charge in [0.25, 0.3) is 5.91 Å². The molecular formula is C8H8N4O. The summed E-state index contributed by atoms with van der Waals surface area (Å²) in [6.07, 6.45) is 1.79.